The van der Waals surface area contributed by atoms with Crippen molar-refractivity contribution in [2.45, 2.75) is 117 Å². The summed E-state index contributed by atoms with van der Waals surface area (Å²) in [5, 5.41) is 8.59. The van der Waals surface area contributed by atoms with Crippen molar-refractivity contribution in [3.63, 3.8) is 0 Å². The van der Waals surface area contributed by atoms with E-state index in [2.05, 4.69) is 37.6 Å². The Labute approximate surface area is 447 Å². The number of likely N-dealkylation sites (tertiary alicyclic amines) is 1. The number of esters is 1. The molecule has 6 bridgehead atoms. The summed E-state index contributed by atoms with van der Waals surface area (Å²) in [6.07, 6.45) is -3.15. The van der Waals surface area contributed by atoms with Gasteiger partial charge in [-0.05, 0) is 106 Å². The fourth-order valence-corrected chi connectivity index (χ4v) is 9.56. The molecule has 3 aliphatic rings. The molecule has 2 aromatic carbocycles. The highest BCUT2D eigenvalue weighted by Crippen LogP contribution is 2.44. The summed E-state index contributed by atoms with van der Waals surface area (Å²) in [6, 6.07) is 12.4. The highest BCUT2D eigenvalue weighted by molar-refractivity contribution is 5.96. The minimum absolute atomic E-state index is 0.0303. The van der Waals surface area contributed by atoms with E-state index in [1.54, 1.807) is 30.0 Å². The molecule has 0 saturated carbocycles. The molecule has 4 atom stereocenters. The van der Waals surface area contributed by atoms with Crippen LogP contribution in [-0.2, 0) is 52.8 Å². The van der Waals surface area contributed by atoms with Crippen LogP contribution >= 0.6 is 0 Å². The number of methoxy groups -OCH3 is 1. The molecule has 2 fully saturated rings. The second-order valence-electron chi connectivity index (χ2n) is 22.0. The number of aromatic nitrogens is 2. The maximum Gasteiger partial charge on any atom is 0.406 e. The van der Waals surface area contributed by atoms with Gasteiger partial charge in [0.25, 0.3) is 11.8 Å². The van der Waals surface area contributed by atoms with Crippen LogP contribution in [0.3, 0.4) is 0 Å². The van der Waals surface area contributed by atoms with E-state index in [0.29, 0.717) is 70.3 Å². The van der Waals surface area contributed by atoms with E-state index in [-0.39, 0.29) is 75.1 Å². The molecule has 3 amide bonds. The summed E-state index contributed by atoms with van der Waals surface area (Å²) in [7, 11) is 5.28. The average molecular weight is 1070 g/mol. The number of cyclic esters (lactones) is 1. The van der Waals surface area contributed by atoms with Crippen LogP contribution in [0.15, 0.2) is 59.8 Å². The SMILES string of the molecule is CO[C@@H](C)c1ncc(OCCN=[N+]=N)cc1-c1c2c3cc(ccc3n1CC(F)(F)F)-c1cccc(c1)C[C@H](NC(=O)[C@@H](COC1CN(C(=O)C#CC(C)(C)N(C)C)C1)C(C)C)C(=O)N1CCC[C@H](N1)C(=O)OCC(C)(C)C2. The third-order valence-corrected chi connectivity index (χ3v) is 14.6. The van der Waals surface area contributed by atoms with Gasteiger partial charge in [0.05, 0.1) is 54.5 Å². The van der Waals surface area contributed by atoms with Crippen molar-refractivity contribution in [2.75, 3.05) is 67.2 Å². The molecule has 0 unspecified atom stereocenters. The van der Waals surface area contributed by atoms with Crippen LogP contribution in [0.5, 0.6) is 5.75 Å². The van der Waals surface area contributed by atoms with Crippen molar-refractivity contribution in [1.82, 2.24) is 40.0 Å². The Bertz CT molecular complexity index is 2930. The van der Waals surface area contributed by atoms with Crippen LogP contribution in [-0.4, -0.2) is 145 Å². The number of amides is 3. The highest BCUT2D eigenvalue weighted by Gasteiger charge is 2.39. The molecule has 2 saturated heterocycles. The van der Waals surface area contributed by atoms with Gasteiger partial charge in [0.15, 0.2) is 6.54 Å². The second kappa shape index (κ2) is 24.3. The third kappa shape index (κ3) is 14.3. The molecule has 21 heteroatoms. The molecule has 0 spiro atoms. The van der Waals surface area contributed by atoms with Gasteiger partial charge in [0.2, 0.25) is 10.8 Å². The number of nitrogens with one attached hydrogen (secondary N) is 3. The van der Waals surface area contributed by atoms with Crippen LogP contribution in [0.25, 0.3) is 33.3 Å². The first kappa shape index (κ1) is 58.0. The number of pyridine rings is 1. The van der Waals surface area contributed by atoms with Crippen molar-refractivity contribution >= 4 is 34.6 Å². The first-order chi connectivity index (χ1) is 36.4. The van der Waals surface area contributed by atoms with Gasteiger partial charge >= 0.3 is 12.1 Å². The second-order valence-corrected chi connectivity index (χ2v) is 22.0. The number of benzene rings is 2. The smallest absolute Gasteiger partial charge is 0.406 e. The summed E-state index contributed by atoms with van der Waals surface area (Å²) in [5.41, 5.74) is 12.6. The molecule has 3 aliphatic heterocycles. The number of hydrazine groups is 1. The molecule has 5 heterocycles. The third-order valence-electron chi connectivity index (χ3n) is 14.6. The van der Waals surface area contributed by atoms with Gasteiger partial charge in [-0.15, -0.1) is 0 Å². The first-order valence-electron chi connectivity index (χ1n) is 26.0. The van der Waals surface area contributed by atoms with Gasteiger partial charge in [-0.1, -0.05) is 63.9 Å². The van der Waals surface area contributed by atoms with E-state index in [4.69, 9.17) is 24.5 Å². The van der Waals surface area contributed by atoms with Gasteiger partial charge in [-0.2, -0.15) is 13.2 Å². The van der Waals surface area contributed by atoms with Gasteiger partial charge in [-0.3, -0.25) is 34.1 Å². The number of hydrogen-bond acceptors (Lipinski definition) is 13. The quantitative estimate of drug-likeness (QED) is 0.0361. The van der Waals surface area contributed by atoms with E-state index < -0.39 is 65.6 Å². The van der Waals surface area contributed by atoms with Crippen LogP contribution in [0.4, 0.5) is 13.2 Å². The minimum atomic E-state index is -4.66. The summed E-state index contributed by atoms with van der Waals surface area (Å²) in [5.74, 6) is 3.38. The topological polar surface area (TPSA) is 207 Å². The minimum Gasteiger partial charge on any atom is -0.490 e. The maximum absolute atomic E-state index is 15.0. The van der Waals surface area contributed by atoms with Crippen LogP contribution in [0.2, 0.25) is 0 Å². The molecular formula is C56H72F3N10O8+. The van der Waals surface area contributed by atoms with E-state index in [0.717, 1.165) is 0 Å². The van der Waals surface area contributed by atoms with E-state index in [1.807, 2.05) is 90.9 Å². The molecule has 2 aromatic heterocycles. The number of hydrogen-bond donors (Lipinski definition) is 3. The molecule has 77 heavy (non-hydrogen) atoms. The van der Waals surface area contributed by atoms with E-state index in [1.165, 1.54) is 22.9 Å². The van der Waals surface area contributed by atoms with Crippen LogP contribution in [0.1, 0.15) is 84.2 Å². The summed E-state index contributed by atoms with van der Waals surface area (Å²) >= 11 is 0. The van der Waals surface area contributed by atoms with Crippen molar-refractivity contribution in [3.05, 3.63) is 71.5 Å². The van der Waals surface area contributed by atoms with Gasteiger partial charge in [-0.25, -0.2) is 5.43 Å². The summed E-state index contributed by atoms with van der Waals surface area (Å²) in [6.45, 7) is 12.7. The Hall–Kier alpha value is -6.69. The Balaban J connectivity index is 1.26. The lowest BCUT2D eigenvalue weighted by atomic mass is 9.84. The molecule has 4 aromatic rings. The molecule has 0 radical (unpaired) electrons. The monoisotopic (exact) mass is 1070 g/mol. The van der Waals surface area contributed by atoms with Crippen LogP contribution < -0.4 is 20.4 Å². The number of fused-ring (bicyclic) bond motifs is 6. The van der Waals surface area contributed by atoms with E-state index >= 15 is 0 Å². The van der Waals surface area contributed by atoms with Gasteiger partial charge in [0.1, 0.15) is 41.6 Å². The molecule has 18 nitrogen and oxygen atoms in total. The standard InChI is InChI=1S/C56H71F3N10O8/c1-34(2)44(31-76-40-29-67(30-40)48(70)18-19-55(6,7)66(8)9)51(71)63-46-24-36-13-11-14-37(23-36)38-16-17-47-41(25-38)43(27-54(4,5)33-77-53(73)45-15-12-21-69(64-45)52(46)72)50(68(47)32-56(57,58)59)42-26-39(75-22-20-62-65-60)28-61-49(42)35(3)74-10/h11,13-14,16-17,23,25-26,28,34-35,40,44-46,60,64H,12,15,20-22,24,27,29-33H2,1-10H3/p+1/t35-,44-,45-,46-/m0/s1. The Morgan fingerprint density at radius 1 is 1.09 bits per heavy atom. The Morgan fingerprint density at radius 3 is 2.52 bits per heavy atom. The number of carbonyl (C=O) groups excluding carboxylic acids is 4. The fraction of sp³-hybridized carbons (Fsp3) is 0.554. The predicted octanol–water partition coefficient (Wildman–Crippen LogP) is 7.06. The number of rotatable bonds is 15. The maximum atomic E-state index is 15.0. The Kier molecular flexibility index (Phi) is 18.3. The van der Waals surface area contributed by atoms with Crippen molar-refractivity contribution in [1.29, 1.82) is 5.53 Å². The number of halogens is 3. The molecule has 7 rings (SSSR count). The normalized spacial score (nSPS) is 19.1. The first-order valence-corrected chi connectivity index (χ1v) is 26.0. The number of carbonyl (C=O) groups is 4. The van der Waals surface area contributed by atoms with Crippen molar-refractivity contribution < 1.29 is 51.3 Å². The lowest BCUT2D eigenvalue weighted by Crippen LogP contribution is -2.61. The number of alkyl halides is 3. The lowest BCUT2D eigenvalue weighted by Gasteiger charge is -2.39. The zero-order valence-electron chi connectivity index (χ0n) is 45.7. The van der Waals surface area contributed by atoms with Crippen LogP contribution in [0, 0.1) is 34.6 Å². The molecule has 414 valence electrons. The summed E-state index contributed by atoms with van der Waals surface area (Å²) in [4.78, 5) is 67.2. The van der Waals surface area contributed by atoms with E-state index in [9.17, 15) is 32.3 Å². The fourth-order valence-electron chi connectivity index (χ4n) is 9.56. The largest absolute Gasteiger partial charge is 0.490 e. The van der Waals surface area contributed by atoms with Gasteiger partial charge in [0, 0.05) is 55.0 Å². The predicted molar refractivity (Wildman–Crippen MR) is 282 cm³/mol. The zero-order valence-corrected chi connectivity index (χ0v) is 45.7. The molecule has 0 aliphatic carbocycles. The molecular weight excluding hydrogens is 998 g/mol. The lowest BCUT2D eigenvalue weighted by molar-refractivity contribution is -0.155. The average Bonchev–Trinajstić information content (AvgIpc) is 3.70. The zero-order chi connectivity index (χ0) is 56.0. The Morgan fingerprint density at radius 2 is 1.83 bits per heavy atom. The van der Waals surface area contributed by atoms with Gasteiger partial charge < -0.3 is 33.7 Å². The van der Waals surface area contributed by atoms with Crippen molar-refractivity contribution in [3.8, 4) is 40.0 Å². The number of ether oxygens (including phenoxy) is 4. The summed E-state index contributed by atoms with van der Waals surface area (Å²) < 4.78 is 70.0. The molecule has 3 N–H and O–H groups in total. The number of nitrogens with zero attached hydrogens (tertiary/aromatic N) is 7. The van der Waals surface area contributed by atoms with Crippen molar-refractivity contribution in [2.24, 2.45) is 22.4 Å². The highest BCUT2D eigenvalue weighted by atomic mass is 19.4.